The van der Waals surface area contributed by atoms with E-state index in [-0.39, 0.29) is 0 Å². The first kappa shape index (κ1) is 11.5. The van der Waals surface area contributed by atoms with Crippen molar-refractivity contribution in [2.45, 2.75) is 19.9 Å². The molecule has 0 saturated carbocycles. The zero-order valence-electron chi connectivity index (χ0n) is 8.49. The van der Waals surface area contributed by atoms with Gasteiger partial charge in [0.2, 0.25) is 0 Å². The molecule has 1 aromatic rings. The number of benzene rings is 1. The van der Waals surface area contributed by atoms with Crippen molar-refractivity contribution >= 4 is 28.3 Å². The van der Waals surface area contributed by atoms with E-state index in [4.69, 9.17) is 12.2 Å². The van der Waals surface area contributed by atoms with Gasteiger partial charge in [0.15, 0.2) is 0 Å². The fourth-order valence-electron chi connectivity index (χ4n) is 1.17. The molecule has 0 saturated heterocycles. The fraction of sp³-hybridized carbons (Fsp3) is 0.364. The van der Waals surface area contributed by atoms with Crippen molar-refractivity contribution in [1.29, 1.82) is 0 Å². The Kier molecular flexibility index (Phi) is 4.98. The molecule has 0 aliphatic rings. The third-order valence-corrected chi connectivity index (χ3v) is 3.05. The Bertz CT molecular complexity index is 285. The third kappa shape index (κ3) is 3.68. The van der Waals surface area contributed by atoms with Crippen molar-refractivity contribution in [3.05, 3.63) is 35.9 Å². The molecule has 0 aromatic heterocycles. The molecule has 1 aromatic carbocycles. The minimum Gasteiger partial charge on any atom is -0.364 e. The average molecular weight is 225 g/mol. The molecule has 0 bridgehead atoms. The molecular formula is C11H15NS2. The van der Waals surface area contributed by atoms with E-state index in [2.05, 4.69) is 31.3 Å². The minimum atomic E-state index is 0.294. The van der Waals surface area contributed by atoms with Crippen molar-refractivity contribution in [1.82, 2.24) is 5.32 Å². The van der Waals surface area contributed by atoms with Gasteiger partial charge in [-0.25, -0.2) is 0 Å². The van der Waals surface area contributed by atoms with Crippen LogP contribution in [0.5, 0.6) is 0 Å². The average Bonchev–Trinajstić information content (AvgIpc) is 2.19. The molecule has 1 atom stereocenters. The maximum atomic E-state index is 5.18. The maximum absolute atomic E-state index is 5.18. The van der Waals surface area contributed by atoms with Crippen LogP contribution < -0.4 is 5.32 Å². The van der Waals surface area contributed by atoms with Gasteiger partial charge >= 0.3 is 0 Å². The molecule has 0 amide bonds. The summed E-state index contributed by atoms with van der Waals surface area (Å²) in [4.78, 5) is 0. The predicted octanol–water partition coefficient (Wildman–Crippen LogP) is 3.38. The molecule has 3 heteroatoms. The highest BCUT2D eigenvalue weighted by Gasteiger charge is 2.05. The molecule has 1 rings (SSSR count). The first-order chi connectivity index (χ1) is 6.74. The van der Waals surface area contributed by atoms with E-state index < -0.39 is 0 Å². The van der Waals surface area contributed by atoms with Gasteiger partial charge in [0.05, 0.1) is 0 Å². The molecule has 0 radical (unpaired) electrons. The molecule has 1 nitrogen and oxygen atoms in total. The van der Waals surface area contributed by atoms with E-state index in [1.807, 2.05) is 18.2 Å². The number of thioether (sulfide) groups is 1. The normalized spacial score (nSPS) is 12.1. The van der Waals surface area contributed by atoms with Crippen molar-refractivity contribution in [2.75, 3.05) is 5.75 Å². The topological polar surface area (TPSA) is 12.0 Å². The highest BCUT2D eigenvalue weighted by molar-refractivity contribution is 8.22. The Balaban J connectivity index is 2.50. The van der Waals surface area contributed by atoms with Crippen LogP contribution >= 0.6 is 24.0 Å². The molecule has 14 heavy (non-hydrogen) atoms. The van der Waals surface area contributed by atoms with Gasteiger partial charge in [-0.05, 0) is 18.2 Å². The third-order valence-electron chi connectivity index (χ3n) is 1.91. The zero-order valence-corrected chi connectivity index (χ0v) is 10.1. The Labute approximate surface area is 95.3 Å². The van der Waals surface area contributed by atoms with E-state index in [0.717, 1.165) is 10.1 Å². The van der Waals surface area contributed by atoms with Gasteiger partial charge in [-0.1, -0.05) is 61.2 Å². The van der Waals surface area contributed by atoms with Gasteiger partial charge in [0.1, 0.15) is 4.32 Å². The molecule has 0 heterocycles. The Morgan fingerprint density at radius 2 is 2.07 bits per heavy atom. The van der Waals surface area contributed by atoms with Crippen LogP contribution in [0, 0.1) is 0 Å². The second kappa shape index (κ2) is 6.04. The van der Waals surface area contributed by atoms with Crippen LogP contribution in [-0.2, 0) is 0 Å². The van der Waals surface area contributed by atoms with Gasteiger partial charge in [-0.3, -0.25) is 0 Å². The monoisotopic (exact) mass is 225 g/mol. The number of nitrogens with one attached hydrogen (secondary N) is 1. The quantitative estimate of drug-likeness (QED) is 0.792. The van der Waals surface area contributed by atoms with E-state index in [9.17, 15) is 0 Å². The maximum Gasteiger partial charge on any atom is 0.134 e. The number of rotatable bonds is 3. The zero-order chi connectivity index (χ0) is 10.4. The van der Waals surface area contributed by atoms with Gasteiger partial charge < -0.3 is 5.32 Å². The van der Waals surface area contributed by atoms with Crippen LogP contribution in [0.15, 0.2) is 30.3 Å². The van der Waals surface area contributed by atoms with E-state index in [1.54, 1.807) is 11.8 Å². The van der Waals surface area contributed by atoms with Crippen molar-refractivity contribution in [2.24, 2.45) is 0 Å². The summed E-state index contributed by atoms with van der Waals surface area (Å²) in [5, 5.41) is 3.29. The number of thiocarbonyl (C=S) groups is 1. The van der Waals surface area contributed by atoms with Gasteiger partial charge in [0, 0.05) is 6.04 Å². The standard InChI is InChI=1S/C11H15NS2/c1-3-14-11(13)12-9(2)10-7-5-4-6-8-10/h4-9H,3H2,1-2H3,(H,12,13). The SMILES string of the molecule is CCSC(=S)NC(C)c1ccccc1. The van der Waals surface area contributed by atoms with E-state index >= 15 is 0 Å². The van der Waals surface area contributed by atoms with E-state index in [0.29, 0.717) is 6.04 Å². The van der Waals surface area contributed by atoms with Crippen molar-refractivity contribution in [3.63, 3.8) is 0 Å². The van der Waals surface area contributed by atoms with Crippen molar-refractivity contribution < 1.29 is 0 Å². The van der Waals surface area contributed by atoms with Crippen molar-refractivity contribution in [3.8, 4) is 0 Å². The lowest BCUT2D eigenvalue weighted by Crippen LogP contribution is -2.22. The molecular weight excluding hydrogens is 210 g/mol. The van der Waals surface area contributed by atoms with E-state index in [1.165, 1.54) is 5.56 Å². The second-order valence-corrected chi connectivity index (χ2v) is 4.94. The summed E-state index contributed by atoms with van der Waals surface area (Å²) < 4.78 is 0.879. The summed E-state index contributed by atoms with van der Waals surface area (Å²) in [5.41, 5.74) is 1.27. The smallest absolute Gasteiger partial charge is 0.134 e. The van der Waals surface area contributed by atoms with Crippen LogP contribution in [0.4, 0.5) is 0 Å². The Morgan fingerprint density at radius 1 is 1.43 bits per heavy atom. The largest absolute Gasteiger partial charge is 0.364 e. The lowest BCUT2D eigenvalue weighted by Gasteiger charge is -2.15. The molecule has 1 unspecified atom stereocenters. The molecule has 76 valence electrons. The molecule has 1 N–H and O–H groups in total. The minimum absolute atomic E-state index is 0.294. The predicted molar refractivity (Wildman–Crippen MR) is 68.7 cm³/mol. The van der Waals surface area contributed by atoms with Crippen LogP contribution in [0.1, 0.15) is 25.5 Å². The summed E-state index contributed by atoms with van der Waals surface area (Å²) in [6.45, 7) is 4.23. The Morgan fingerprint density at radius 3 is 2.64 bits per heavy atom. The summed E-state index contributed by atoms with van der Waals surface area (Å²) in [5.74, 6) is 1.02. The summed E-state index contributed by atoms with van der Waals surface area (Å²) in [7, 11) is 0. The second-order valence-electron chi connectivity index (χ2n) is 3.00. The molecule has 0 aliphatic carbocycles. The summed E-state index contributed by atoms with van der Waals surface area (Å²) in [6, 6.07) is 10.6. The van der Waals surface area contributed by atoms with Gasteiger partial charge in [-0.15, -0.1) is 0 Å². The molecule has 0 spiro atoms. The van der Waals surface area contributed by atoms with Gasteiger partial charge in [-0.2, -0.15) is 0 Å². The highest BCUT2D eigenvalue weighted by atomic mass is 32.2. The lowest BCUT2D eigenvalue weighted by atomic mass is 10.1. The fourth-order valence-corrected chi connectivity index (χ4v) is 2.23. The first-order valence-electron chi connectivity index (χ1n) is 4.72. The lowest BCUT2D eigenvalue weighted by molar-refractivity contribution is 0.730. The summed E-state index contributed by atoms with van der Waals surface area (Å²) >= 11 is 6.86. The van der Waals surface area contributed by atoms with Crippen LogP contribution in [0.25, 0.3) is 0 Å². The highest BCUT2D eigenvalue weighted by Crippen LogP contribution is 2.13. The summed E-state index contributed by atoms with van der Waals surface area (Å²) in [6.07, 6.45) is 0. The number of hydrogen-bond donors (Lipinski definition) is 1. The molecule has 0 fully saturated rings. The van der Waals surface area contributed by atoms with Crippen LogP contribution in [0.2, 0.25) is 0 Å². The molecule has 0 aliphatic heterocycles. The first-order valence-corrected chi connectivity index (χ1v) is 6.11. The Hall–Kier alpha value is -0.540. The van der Waals surface area contributed by atoms with Crippen LogP contribution in [-0.4, -0.2) is 10.1 Å². The number of hydrogen-bond acceptors (Lipinski definition) is 2. The van der Waals surface area contributed by atoms with Gasteiger partial charge in [0.25, 0.3) is 0 Å². The van der Waals surface area contributed by atoms with Crippen LogP contribution in [0.3, 0.4) is 0 Å².